The van der Waals surface area contributed by atoms with Crippen molar-refractivity contribution in [1.82, 2.24) is 9.97 Å². The first-order valence-corrected chi connectivity index (χ1v) is 5.98. The monoisotopic (exact) mass is 306 g/mol. The number of carbonyl (C=O) groups is 1. The van der Waals surface area contributed by atoms with E-state index in [1.807, 2.05) is 24.3 Å². The number of rotatable bonds is 2. The van der Waals surface area contributed by atoms with E-state index in [2.05, 4.69) is 25.9 Å². The quantitative estimate of drug-likeness (QED) is 0.885. The Morgan fingerprint density at radius 3 is 2.33 bits per heavy atom. The summed E-state index contributed by atoms with van der Waals surface area (Å²) in [5.74, 6) is -0.0391. The molecule has 1 amide bonds. The lowest BCUT2D eigenvalue weighted by atomic mass is 10.1. The normalized spacial score (nSPS) is 10.3. The van der Waals surface area contributed by atoms with E-state index in [0.717, 1.165) is 10.0 Å². The van der Waals surface area contributed by atoms with E-state index >= 15 is 0 Å². The van der Waals surface area contributed by atoms with Crippen molar-refractivity contribution in [1.29, 1.82) is 0 Å². The Kier molecular flexibility index (Phi) is 3.29. The first-order chi connectivity index (χ1) is 8.49. The molecule has 0 radical (unpaired) electrons. The summed E-state index contributed by atoms with van der Waals surface area (Å²) in [5.41, 5.74) is 12.4. The Morgan fingerprint density at radius 1 is 1.22 bits per heavy atom. The van der Waals surface area contributed by atoms with Crippen LogP contribution >= 0.6 is 15.9 Å². The minimum Gasteiger partial charge on any atom is -0.383 e. The molecule has 0 aliphatic rings. The van der Waals surface area contributed by atoms with Crippen molar-refractivity contribution in [2.75, 3.05) is 5.73 Å². The van der Waals surface area contributed by atoms with Gasteiger partial charge in [0.1, 0.15) is 11.4 Å². The van der Waals surface area contributed by atoms with Gasteiger partial charge in [-0.3, -0.25) is 4.79 Å². The van der Waals surface area contributed by atoms with Gasteiger partial charge in [0.25, 0.3) is 5.91 Å². The molecule has 1 heterocycles. The van der Waals surface area contributed by atoms with Crippen molar-refractivity contribution in [2.45, 2.75) is 6.92 Å². The van der Waals surface area contributed by atoms with Crippen LogP contribution in [0.4, 0.5) is 5.82 Å². The van der Waals surface area contributed by atoms with Gasteiger partial charge in [-0.2, -0.15) is 0 Å². The highest BCUT2D eigenvalue weighted by Crippen LogP contribution is 2.21. The van der Waals surface area contributed by atoms with Crippen LogP contribution in [0.25, 0.3) is 11.4 Å². The molecule has 2 rings (SSSR count). The largest absolute Gasteiger partial charge is 0.383 e. The molecule has 0 saturated heterocycles. The fourth-order valence-electron chi connectivity index (χ4n) is 1.63. The van der Waals surface area contributed by atoms with Gasteiger partial charge in [0.15, 0.2) is 5.82 Å². The Labute approximate surface area is 112 Å². The average molecular weight is 307 g/mol. The lowest BCUT2D eigenvalue weighted by Crippen LogP contribution is -2.17. The number of aromatic nitrogens is 2. The predicted molar refractivity (Wildman–Crippen MR) is 72.8 cm³/mol. The van der Waals surface area contributed by atoms with Crippen molar-refractivity contribution < 1.29 is 4.79 Å². The molecule has 0 saturated carbocycles. The van der Waals surface area contributed by atoms with Crippen molar-refractivity contribution in [2.24, 2.45) is 5.73 Å². The first kappa shape index (κ1) is 12.5. The van der Waals surface area contributed by atoms with E-state index < -0.39 is 5.91 Å². The van der Waals surface area contributed by atoms with Gasteiger partial charge in [-0.15, -0.1) is 0 Å². The number of aryl methyl sites for hydroxylation is 1. The molecule has 0 unspecified atom stereocenters. The second-order valence-corrected chi connectivity index (χ2v) is 4.68. The van der Waals surface area contributed by atoms with Gasteiger partial charge < -0.3 is 11.5 Å². The number of nitrogen functional groups attached to an aromatic ring is 1. The summed E-state index contributed by atoms with van der Waals surface area (Å²) in [6, 6.07) is 7.49. The minimum atomic E-state index is -0.618. The van der Waals surface area contributed by atoms with E-state index in [-0.39, 0.29) is 11.4 Å². The highest BCUT2D eigenvalue weighted by Gasteiger charge is 2.14. The summed E-state index contributed by atoms with van der Waals surface area (Å²) >= 11 is 3.35. The van der Waals surface area contributed by atoms with E-state index in [1.54, 1.807) is 6.92 Å². The summed E-state index contributed by atoms with van der Waals surface area (Å²) in [5, 5.41) is 0. The lowest BCUT2D eigenvalue weighted by molar-refractivity contribution is 0.1000. The second kappa shape index (κ2) is 4.73. The topological polar surface area (TPSA) is 94.9 Å². The first-order valence-electron chi connectivity index (χ1n) is 5.19. The van der Waals surface area contributed by atoms with Crippen LogP contribution in [0.15, 0.2) is 28.7 Å². The standard InChI is InChI=1S/C12H11BrN4O/c1-6-9(11(15)18)10(14)17-12(16-6)7-2-4-8(13)5-3-7/h2-5H,1H3,(H2,15,18)(H2,14,16,17). The van der Waals surface area contributed by atoms with E-state index in [0.29, 0.717) is 11.5 Å². The number of nitrogens with zero attached hydrogens (tertiary/aromatic N) is 2. The number of primary amides is 1. The number of anilines is 1. The van der Waals surface area contributed by atoms with Crippen LogP contribution in [-0.4, -0.2) is 15.9 Å². The minimum absolute atomic E-state index is 0.105. The maximum Gasteiger partial charge on any atom is 0.254 e. The zero-order valence-electron chi connectivity index (χ0n) is 9.64. The average Bonchev–Trinajstić information content (AvgIpc) is 2.28. The summed E-state index contributed by atoms with van der Waals surface area (Å²) in [6.45, 7) is 1.68. The number of hydrogen-bond acceptors (Lipinski definition) is 4. The summed E-state index contributed by atoms with van der Waals surface area (Å²) < 4.78 is 0.963. The molecule has 2 aromatic rings. The zero-order valence-corrected chi connectivity index (χ0v) is 11.2. The van der Waals surface area contributed by atoms with Crippen LogP contribution in [0, 0.1) is 6.92 Å². The van der Waals surface area contributed by atoms with Gasteiger partial charge in [0.2, 0.25) is 0 Å². The number of amides is 1. The Balaban J connectivity index is 2.54. The molecule has 92 valence electrons. The highest BCUT2D eigenvalue weighted by molar-refractivity contribution is 9.10. The number of benzene rings is 1. The molecule has 18 heavy (non-hydrogen) atoms. The maximum atomic E-state index is 11.2. The molecular weight excluding hydrogens is 296 g/mol. The SMILES string of the molecule is Cc1nc(-c2ccc(Br)cc2)nc(N)c1C(N)=O. The van der Waals surface area contributed by atoms with Crippen LogP contribution in [0.5, 0.6) is 0 Å². The molecule has 6 heteroatoms. The number of carbonyl (C=O) groups excluding carboxylic acids is 1. The number of hydrogen-bond donors (Lipinski definition) is 2. The smallest absolute Gasteiger partial charge is 0.254 e. The van der Waals surface area contributed by atoms with Gasteiger partial charge in [-0.1, -0.05) is 28.1 Å². The maximum absolute atomic E-state index is 11.2. The van der Waals surface area contributed by atoms with Crippen LogP contribution in [0.3, 0.4) is 0 Å². The van der Waals surface area contributed by atoms with E-state index in [9.17, 15) is 4.79 Å². The Morgan fingerprint density at radius 2 is 1.83 bits per heavy atom. The zero-order chi connectivity index (χ0) is 13.3. The van der Waals surface area contributed by atoms with Gasteiger partial charge in [0, 0.05) is 10.0 Å². The molecule has 1 aromatic carbocycles. The van der Waals surface area contributed by atoms with Crippen molar-refractivity contribution in [3.63, 3.8) is 0 Å². The molecule has 0 spiro atoms. The van der Waals surface area contributed by atoms with Crippen LogP contribution in [0.2, 0.25) is 0 Å². The van der Waals surface area contributed by atoms with Crippen LogP contribution < -0.4 is 11.5 Å². The molecule has 0 bridgehead atoms. The van der Waals surface area contributed by atoms with Gasteiger partial charge in [-0.25, -0.2) is 9.97 Å². The molecule has 0 atom stereocenters. The molecule has 1 aromatic heterocycles. The predicted octanol–water partition coefficient (Wildman–Crippen LogP) is 1.90. The van der Waals surface area contributed by atoms with Gasteiger partial charge in [0.05, 0.1) is 5.69 Å². The molecule has 0 aliphatic heterocycles. The van der Waals surface area contributed by atoms with Gasteiger partial charge >= 0.3 is 0 Å². The van der Waals surface area contributed by atoms with E-state index in [4.69, 9.17) is 11.5 Å². The molecule has 5 nitrogen and oxygen atoms in total. The summed E-state index contributed by atoms with van der Waals surface area (Å²) in [6.07, 6.45) is 0. The van der Waals surface area contributed by atoms with Crippen LogP contribution in [0.1, 0.15) is 16.1 Å². The third kappa shape index (κ3) is 2.33. The number of halogens is 1. The summed E-state index contributed by atoms with van der Waals surface area (Å²) in [4.78, 5) is 19.5. The highest BCUT2D eigenvalue weighted by atomic mass is 79.9. The van der Waals surface area contributed by atoms with Crippen molar-refractivity contribution in [3.8, 4) is 11.4 Å². The third-order valence-electron chi connectivity index (χ3n) is 2.47. The number of nitrogens with two attached hydrogens (primary N) is 2. The fraction of sp³-hybridized carbons (Fsp3) is 0.0833. The van der Waals surface area contributed by atoms with E-state index in [1.165, 1.54) is 0 Å². The van der Waals surface area contributed by atoms with Crippen molar-refractivity contribution in [3.05, 3.63) is 40.0 Å². The molecule has 4 N–H and O–H groups in total. The summed E-state index contributed by atoms with van der Waals surface area (Å²) in [7, 11) is 0. The molecular formula is C12H11BrN4O. The molecule has 0 fully saturated rings. The van der Waals surface area contributed by atoms with Crippen molar-refractivity contribution >= 4 is 27.7 Å². The second-order valence-electron chi connectivity index (χ2n) is 3.76. The third-order valence-corrected chi connectivity index (χ3v) is 3.00. The molecule has 0 aliphatic carbocycles. The Bertz CT molecular complexity index is 587. The Hall–Kier alpha value is -1.95. The van der Waals surface area contributed by atoms with Gasteiger partial charge in [-0.05, 0) is 19.1 Å². The lowest BCUT2D eigenvalue weighted by Gasteiger charge is -2.07. The van der Waals surface area contributed by atoms with Crippen LogP contribution in [-0.2, 0) is 0 Å². The fourth-order valence-corrected chi connectivity index (χ4v) is 1.89.